The van der Waals surface area contributed by atoms with Crippen molar-refractivity contribution in [2.75, 3.05) is 7.11 Å². The predicted molar refractivity (Wildman–Crippen MR) is 85.2 cm³/mol. The van der Waals surface area contributed by atoms with Crippen LogP contribution in [0.2, 0.25) is 0 Å². The maximum Gasteiger partial charge on any atom is 0.168 e. The van der Waals surface area contributed by atoms with Crippen molar-refractivity contribution in [3.05, 3.63) is 65.5 Å². The second-order valence-corrected chi connectivity index (χ2v) is 5.01. The Bertz CT molecular complexity index is 660. The summed E-state index contributed by atoms with van der Waals surface area (Å²) >= 11 is 0. The number of methoxy groups -OCH3 is 1. The van der Waals surface area contributed by atoms with E-state index in [0.29, 0.717) is 12.1 Å². The molecule has 2 aromatic carbocycles. The molecule has 0 saturated heterocycles. The number of hydrogen-bond acceptors (Lipinski definition) is 3. The fraction of sp³-hybridized carbons (Fsp3) is 0.222. The Labute approximate surface area is 129 Å². The van der Waals surface area contributed by atoms with Gasteiger partial charge in [0.2, 0.25) is 0 Å². The summed E-state index contributed by atoms with van der Waals surface area (Å²) in [4.78, 5) is 16.5. The molecule has 0 saturated carbocycles. The van der Waals surface area contributed by atoms with Crippen molar-refractivity contribution >= 4 is 11.5 Å². The molecule has 0 fully saturated rings. The summed E-state index contributed by atoms with van der Waals surface area (Å²) < 4.78 is 17.9. The fourth-order valence-electron chi connectivity index (χ4n) is 1.98. The summed E-state index contributed by atoms with van der Waals surface area (Å²) in [5.41, 5.74) is 2.31. The third-order valence-corrected chi connectivity index (χ3v) is 3.27. The predicted octanol–water partition coefficient (Wildman–Crippen LogP) is 4.07. The average Bonchev–Trinajstić information content (AvgIpc) is 2.54. The van der Waals surface area contributed by atoms with Crippen LogP contribution in [0.4, 0.5) is 4.39 Å². The molecular weight excluding hydrogens is 281 g/mol. The smallest absolute Gasteiger partial charge is 0.168 e. The van der Waals surface area contributed by atoms with Gasteiger partial charge in [0.1, 0.15) is 11.6 Å². The second kappa shape index (κ2) is 7.50. The van der Waals surface area contributed by atoms with Crippen LogP contribution in [0, 0.1) is 5.82 Å². The molecule has 0 atom stereocenters. The summed E-state index contributed by atoms with van der Waals surface area (Å²) in [5, 5.41) is 0. The van der Waals surface area contributed by atoms with Crippen LogP contribution in [-0.2, 0) is 6.54 Å². The van der Waals surface area contributed by atoms with E-state index in [0.717, 1.165) is 17.0 Å². The first-order chi connectivity index (χ1) is 10.6. The van der Waals surface area contributed by atoms with E-state index < -0.39 is 0 Å². The molecule has 0 aliphatic rings. The lowest BCUT2D eigenvalue weighted by molar-refractivity contribution is 0.100. The Hall–Kier alpha value is -2.49. The van der Waals surface area contributed by atoms with E-state index >= 15 is 0 Å². The molecular formula is C18H18FNO2. The van der Waals surface area contributed by atoms with Crippen molar-refractivity contribution in [1.29, 1.82) is 0 Å². The Morgan fingerprint density at radius 3 is 2.32 bits per heavy atom. The van der Waals surface area contributed by atoms with Crippen LogP contribution in [0.15, 0.2) is 53.5 Å². The van der Waals surface area contributed by atoms with E-state index in [1.807, 2.05) is 6.92 Å². The maximum atomic E-state index is 12.8. The van der Waals surface area contributed by atoms with E-state index in [2.05, 4.69) is 4.99 Å². The van der Waals surface area contributed by atoms with Gasteiger partial charge in [0.05, 0.1) is 13.7 Å². The van der Waals surface area contributed by atoms with Gasteiger partial charge >= 0.3 is 0 Å². The zero-order chi connectivity index (χ0) is 15.9. The highest BCUT2D eigenvalue weighted by Gasteiger charge is 2.07. The standard InChI is InChI=1S/C18H18FNO2/c1-13(20-12-14-3-7-16(19)8-4-14)11-18(21)15-5-9-17(22-2)10-6-15/h3-10H,11-12H2,1-2H3. The summed E-state index contributed by atoms with van der Waals surface area (Å²) in [5.74, 6) is 0.473. The molecule has 2 aromatic rings. The summed E-state index contributed by atoms with van der Waals surface area (Å²) in [7, 11) is 1.59. The maximum absolute atomic E-state index is 12.8. The number of benzene rings is 2. The molecule has 114 valence electrons. The van der Waals surface area contributed by atoms with E-state index in [-0.39, 0.29) is 18.0 Å². The van der Waals surface area contributed by atoms with Crippen molar-refractivity contribution < 1.29 is 13.9 Å². The van der Waals surface area contributed by atoms with Gasteiger partial charge in [-0.15, -0.1) is 0 Å². The Morgan fingerprint density at radius 2 is 1.73 bits per heavy atom. The first-order valence-corrected chi connectivity index (χ1v) is 7.00. The molecule has 0 heterocycles. The minimum Gasteiger partial charge on any atom is -0.497 e. The minimum atomic E-state index is -0.265. The molecule has 0 aliphatic carbocycles. The lowest BCUT2D eigenvalue weighted by atomic mass is 10.1. The Morgan fingerprint density at radius 1 is 1.09 bits per heavy atom. The number of carbonyl (C=O) groups excluding carboxylic acids is 1. The fourth-order valence-corrected chi connectivity index (χ4v) is 1.98. The molecule has 22 heavy (non-hydrogen) atoms. The van der Waals surface area contributed by atoms with Crippen molar-refractivity contribution in [3.63, 3.8) is 0 Å². The molecule has 0 bridgehead atoms. The number of ketones is 1. The van der Waals surface area contributed by atoms with Gasteiger partial charge in [0.25, 0.3) is 0 Å². The van der Waals surface area contributed by atoms with Crippen LogP contribution in [0.1, 0.15) is 29.3 Å². The third kappa shape index (κ3) is 4.52. The Kier molecular flexibility index (Phi) is 5.42. The summed E-state index contributed by atoms with van der Waals surface area (Å²) in [6.45, 7) is 2.27. The van der Waals surface area contributed by atoms with Crippen LogP contribution in [0.5, 0.6) is 5.75 Å². The first-order valence-electron chi connectivity index (χ1n) is 7.00. The second-order valence-electron chi connectivity index (χ2n) is 5.01. The molecule has 0 radical (unpaired) electrons. The van der Waals surface area contributed by atoms with E-state index in [1.54, 1.807) is 43.5 Å². The first kappa shape index (κ1) is 15.9. The minimum absolute atomic E-state index is 0.0167. The van der Waals surface area contributed by atoms with Crippen molar-refractivity contribution in [2.45, 2.75) is 19.9 Å². The summed E-state index contributed by atoms with van der Waals surface area (Å²) in [6.07, 6.45) is 0.271. The highest BCUT2D eigenvalue weighted by Crippen LogP contribution is 2.13. The average molecular weight is 299 g/mol. The quantitative estimate of drug-likeness (QED) is 0.596. The lowest BCUT2D eigenvalue weighted by Crippen LogP contribution is -2.05. The van der Waals surface area contributed by atoms with Crippen LogP contribution in [0.25, 0.3) is 0 Å². The van der Waals surface area contributed by atoms with E-state index in [9.17, 15) is 9.18 Å². The van der Waals surface area contributed by atoms with Crippen molar-refractivity contribution in [1.82, 2.24) is 0 Å². The highest BCUT2D eigenvalue weighted by atomic mass is 19.1. The molecule has 3 nitrogen and oxygen atoms in total. The van der Waals surface area contributed by atoms with Gasteiger partial charge in [-0.2, -0.15) is 0 Å². The topological polar surface area (TPSA) is 38.7 Å². The monoisotopic (exact) mass is 299 g/mol. The zero-order valence-electron chi connectivity index (χ0n) is 12.7. The number of carbonyl (C=O) groups is 1. The van der Waals surface area contributed by atoms with Gasteiger partial charge in [-0.05, 0) is 48.9 Å². The molecule has 4 heteroatoms. The van der Waals surface area contributed by atoms with Gasteiger partial charge in [0, 0.05) is 17.7 Å². The van der Waals surface area contributed by atoms with Gasteiger partial charge in [-0.1, -0.05) is 12.1 Å². The number of hydrogen-bond donors (Lipinski definition) is 0. The summed E-state index contributed by atoms with van der Waals surface area (Å²) in [6, 6.07) is 13.2. The van der Waals surface area contributed by atoms with Crippen molar-refractivity contribution in [3.8, 4) is 5.75 Å². The van der Waals surface area contributed by atoms with E-state index in [4.69, 9.17) is 4.74 Å². The number of ether oxygens (including phenoxy) is 1. The zero-order valence-corrected chi connectivity index (χ0v) is 12.7. The van der Waals surface area contributed by atoms with Crippen LogP contribution < -0.4 is 4.74 Å². The molecule has 0 spiro atoms. The number of nitrogens with zero attached hydrogens (tertiary/aromatic N) is 1. The molecule has 0 aliphatic heterocycles. The SMILES string of the molecule is COc1ccc(C(=O)CC(C)=NCc2ccc(F)cc2)cc1. The number of rotatable bonds is 6. The molecule has 2 rings (SSSR count). The number of halogens is 1. The van der Waals surface area contributed by atoms with Gasteiger partial charge in [-0.25, -0.2) is 4.39 Å². The van der Waals surface area contributed by atoms with Crippen molar-refractivity contribution in [2.24, 2.45) is 4.99 Å². The van der Waals surface area contributed by atoms with Crippen LogP contribution >= 0.6 is 0 Å². The Balaban J connectivity index is 1.94. The van der Waals surface area contributed by atoms with Crippen LogP contribution in [-0.4, -0.2) is 18.6 Å². The third-order valence-electron chi connectivity index (χ3n) is 3.27. The number of aliphatic imine (C=N–C) groups is 1. The van der Waals surface area contributed by atoms with E-state index in [1.165, 1.54) is 12.1 Å². The normalized spacial score (nSPS) is 11.3. The van der Waals surface area contributed by atoms with Gasteiger partial charge < -0.3 is 4.74 Å². The molecule has 0 aromatic heterocycles. The van der Waals surface area contributed by atoms with Gasteiger partial charge in [0.15, 0.2) is 5.78 Å². The lowest BCUT2D eigenvalue weighted by Gasteiger charge is -2.04. The molecule has 0 amide bonds. The molecule has 0 N–H and O–H groups in total. The van der Waals surface area contributed by atoms with Gasteiger partial charge in [-0.3, -0.25) is 9.79 Å². The number of Topliss-reactive ketones (excluding diaryl/α,β-unsaturated/α-hetero) is 1. The van der Waals surface area contributed by atoms with Crippen LogP contribution in [0.3, 0.4) is 0 Å². The highest BCUT2D eigenvalue weighted by molar-refractivity contribution is 6.09. The molecule has 0 unspecified atom stereocenters. The largest absolute Gasteiger partial charge is 0.497 e.